The van der Waals surface area contributed by atoms with Gasteiger partial charge in [-0.25, -0.2) is 9.78 Å². The van der Waals surface area contributed by atoms with E-state index >= 15 is 0 Å². The van der Waals surface area contributed by atoms with Gasteiger partial charge >= 0.3 is 6.09 Å². The number of fused-ring (bicyclic) bond motifs is 5. The van der Waals surface area contributed by atoms with E-state index in [2.05, 4.69) is 25.8 Å². The summed E-state index contributed by atoms with van der Waals surface area (Å²) in [6.45, 7) is 5.89. The molecule has 1 aliphatic rings. The van der Waals surface area contributed by atoms with Gasteiger partial charge in [0.25, 0.3) is 0 Å². The second-order valence-corrected chi connectivity index (χ2v) is 8.78. The SMILES string of the molecule is CC(C)(C)OC(=O)NCc1ccc(-c2nnc3n2-c2cccnc2Nc2ccccc2-3)cc1. The zero-order valence-electron chi connectivity index (χ0n) is 18.7. The smallest absolute Gasteiger partial charge is 0.407 e. The average Bonchev–Trinajstić information content (AvgIpc) is 3.17. The first-order chi connectivity index (χ1) is 15.9. The highest BCUT2D eigenvalue weighted by Crippen LogP contribution is 2.38. The number of aromatic nitrogens is 4. The second-order valence-electron chi connectivity index (χ2n) is 8.78. The van der Waals surface area contributed by atoms with Crippen molar-refractivity contribution in [2.45, 2.75) is 32.9 Å². The lowest BCUT2D eigenvalue weighted by Gasteiger charge is -2.19. The number of alkyl carbamates (subject to hydrolysis) is 1. The van der Waals surface area contributed by atoms with Crippen molar-refractivity contribution in [3.8, 4) is 28.5 Å². The summed E-state index contributed by atoms with van der Waals surface area (Å²) >= 11 is 0. The Labute approximate surface area is 191 Å². The molecule has 2 aromatic heterocycles. The third kappa shape index (κ3) is 4.15. The topological polar surface area (TPSA) is 94.0 Å². The number of benzene rings is 2. The fourth-order valence-corrected chi connectivity index (χ4v) is 3.72. The van der Waals surface area contributed by atoms with Crippen LogP contribution in [0, 0.1) is 0 Å². The van der Waals surface area contributed by atoms with E-state index in [9.17, 15) is 4.79 Å². The van der Waals surface area contributed by atoms with E-state index < -0.39 is 11.7 Å². The van der Waals surface area contributed by atoms with Gasteiger partial charge in [-0.15, -0.1) is 10.2 Å². The summed E-state index contributed by atoms with van der Waals surface area (Å²) in [5.74, 6) is 2.20. The van der Waals surface area contributed by atoms with Crippen LogP contribution < -0.4 is 10.6 Å². The molecule has 1 amide bonds. The number of hydrogen-bond donors (Lipinski definition) is 2. The number of rotatable bonds is 3. The van der Waals surface area contributed by atoms with Crippen LogP contribution >= 0.6 is 0 Å². The number of carbonyl (C=O) groups is 1. The number of ether oxygens (including phenoxy) is 1. The van der Waals surface area contributed by atoms with Crippen molar-refractivity contribution in [2.75, 3.05) is 5.32 Å². The van der Waals surface area contributed by atoms with Gasteiger partial charge in [-0.2, -0.15) is 0 Å². The Morgan fingerprint density at radius 2 is 1.76 bits per heavy atom. The molecule has 0 fully saturated rings. The Balaban J connectivity index is 1.47. The monoisotopic (exact) mass is 440 g/mol. The molecule has 1 aliphatic heterocycles. The molecule has 0 saturated carbocycles. The maximum absolute atomic E-state index is 11.9. The summed E-state index contributed by atoms with van der Waals surface area (Å²) in [7, 11) is 0. The molecule has 0 spiro atoms. The molecule has 8 nitrogen and oxygen atoms in total. The van der Waals surface area contributed by atoms with Gasteiger partial charge in [-0.1, -0.05) is 36.4 Å². The summed E-state index contributed by atoms with van der Waals surface area (Å²) in [5, 5.41) is 15.2. The van der Waals surface area contributed by atoms with Crippen molar-refractivity contribution in [1.82, 2.24) is 25.1 Å². The number of carbonyl (C=O) groups excluding carboxylic acids is 1. The molecule has 0 saturated heterocycles. The van der Waals surface area contributed by atoms with Crippen molar-refractivity contribution in [2.24, 2.45) is 0 Å². The largest absolute Gasteiger partial charge is 0.444 e. The number of amides is 1. The van der Waals surface area contributed by atoms with Crippen molar-refractivity contribution in [3.05, 3.63) is 72.4 Å². The second kappa shape index (κ2) is 8.05. The number of para-hydroxylation sites is 1. The lowest BCUT2D eigenvalue weighted by molar-refractivity contribution is 0.0523. The molecule has 33 heavy (non-hydrogen) atoms. The highest BCUT2D eigenvalue weighted by molar-refractivity contribution is 5.84. The molecule has 166 valence electrons. The molecular formula is C25H24N6O2. The number of pyridine rings is 1. The molecule has 2 N–H and O–H groups in total. The fourth-order valence-electron chi connectivity index (χ4n) is 3.72. The van der Waals surface area contributed by atoms with Gasteiger partial charge in [0.1, 0.15) is 5.60 Å². The summed E-state index contributed by atoms with van der Waals surface area (Å²) in [6.07, 6.45) is 1.32. The minimum Gasteiger partial charge on any atom is -0.444 e. The quantitative estimate of drug-likeness (QED) is 0.406. The van der Waals surface area contributed by atoms with Gasteiger partial charge in [-0.3, -0.25) is 4.57 Å². The molecular weight excluding hydrogens is 416 g/mol. The van der Waals surface area contributed by atoms with Gasteiger partial charge in [0.15, 0.2) is 17.5 Å². The first kappa shape index (κ1) is 20.7. The highest BCUT2D eigenvalue weighted by atomic mass is 16.6. The van der Waals surface area contributed by atoms with E-state index in [1.807, 2.05) is 86.0 Å². The molecule has 0 aliphatic carbocycles. The third-order valence-electron chi connectivity index (χ3n) is 5.16. The maximum atomic E-state index is 11.9. The predicted octanol–water partition coefficient (Wildman–Crippen LogP) is 5.08. The molecule has 0 unspecified atom stereocenters. The Kier molecular flexibility index (Phi) is 5.05. The summed E-state index contributed by atoms with van der Waals surface area (Å²) in [5.41, 5.74) is 4.08. The third-order valence-corrected chi connectivity index (χ3v) is 5.16. The van der Waals surface area contributed by atoms with Crippen molar-refractivity contribution >= 4 is 17.6 Å². The van der Waals surface area contributed by atoms with Gasteiger partial charge in [0.2, 0.25) is 0 Å². The van der Waals surface area contributed by atoms with Gasteiger partial charge < -0.3 is 15.4 Å². The molecule has 0 atom stereocenters. The van der Waals surface area contributed by atoms with Crippen molar-refractivity contribution < 1.29 is 9.53 Å². The molecule has 0 bridgehead atoms. The number of nitrogens with zero attached hydrogens (tertiary/aromatic N) is 4. The molecule has 2 aromatic carbocycles. The Bertz CT molecular complexity index is 1320. The zero-order valence-corrected chi connectivity index (χ0v) is 18.7. The van der Waals surface area contributed by atoms with Crippen LogP contribution in [0.3, 0.4) is 0 Å². The lowest BCUT2D eigenvalue weighted by Crippen LogP contribution is -2.32. The fraction of sp³-hybridized carbons (Fsp3) is 0.200. The minimum absolute atomic E-state index is 0.372. The lowest BCUT2D eigenvalue weighted by atomic mass is 10.1. The van der Waals surface area contributed by atoms with Crippen LogP contribution in [0.15, 0.2) is 66.9 Å². The maximum Gasteiger partial charge on any atom is 0.407 e. The van der Waals surface area contributed by atoms with E-state index in [1.54, 1.807) is 6.20 Å². The van der Waals surface area contributed by atoms with Gasteiger partial charge in [-0.05, 0) is 50.6 Å². The van der Waals surface area contributed by atoms with Crippen LogP contribution in [0.1, 0.15) is 26.3 Å². The van der Waals surface area contributed by atoms with Crippen molar-refractivity contribution in [1.29, 1.82) is 0 Å². The van der Waals surface area contributed by atoms with E-state index in [0.717, 1.165) is 39.7 Å². The van der Waals surface area contributed by atoms with Gasteiger partial charge in [0.05, 0.1) is 11.4 Å². The standard InChI is InChI=1S/C25H24N6O2/c1-25(2,3)33-24(32)27-15-16-10-12-17(13-11-16)22-29-30-23-18-7-4-5-8-19(18)28-21-20(31(22)23)9-6-14-26-21/h4-14H,15H2,1-3H3,(H,26,28)(H,27,32). The van der Waals surface area contributed by atoms with Crippen LogP contribution in [0.4, 0.5) is 16.3 Å². The first-order valence-corrected chi connectivity index (χ1v) is 10.7. The average molecular weight is 441 g/mol. The van der Waals surface area contributed by atoms with Gasteiger partial charge in [0, 0.05) is 23.9 Å². The van der Waals surface area contributed by atoms with E-state index in [-0.39, 0.29) is 0 Å². The summed E-state index contributed by atoms with van der Waals surface area (Å²) < 4.78 is 7.32. The van der Waals surface area contributed by atoms with Crippen LogP contribution in [-0.2, 0) is 11.3 Å². The number of nitrogens with one attached hydrogen (secondary N) is 2. The Hall–Kier alpha value is -4.20. The highest BCUT2D eigenvalue weighted by Gasteiger charge is 2.24. The molecule has 3 heterocycles. The van der Waals surface area contributed by atoms with Crippen LogP contribution in [0.2, 0.25) is 0 Å². The number of anilines is 2. The summed E-state index contributed by atoms with van der Waals surface area (Å²) in [4.78, 5) is 16.5. The minimum atomic E-state index is -0.530. The Morgan fingerprint density at radius 3 is 2.55 bits per heavy atom. The van der Waals surface area contributed by atoms with Crippen molar-refractivity contribution in [3.63, 3.8) is 0 Å². The van der Waals surface area contributed by atoms with Crippen LogP contribution in [-0.4, -0.2) is 31.4 Å². The molecule has 4 aromatic rings. The van der Waals surface area contributed by atoms with Crippen LogP contribution in [0.25, 0.3) is 28.5 Å². The predicted molar refractivity (Wildman–Crippen MR) is 126 cm³/mol. The zero-order chi connectivity index (χ0) is 23.0. The Morgan fingerprint density at radius 1 is 1.00 bits per heavy atom. The molecule has 5 rings (SSSR count). The van der Waals surface area contributed by atoms with E-state index in [0.29, 0.717) is 12.4 Å². The first-order valence-electron chi connectivity index (χ1n) is 10.7. The van der Waals surface area contributed by atoms with E-state index in [1.165, 1.54) is 0 Å². The molecule has 0 radical (unpaired) electrons. The number of hydrogen-bond acceptors (Lipinski definition) is 6. The summed E-state index contributed by atoms with van der Waals surface area (Å²) in [6, 6.07) is 19.7. The normalized spacial score (nSPS) is 12.0. The van der Waals surface area contributed by atoms with E-state index in [4.69, 9.17) is 4.74 Å². The molecule has 8 heteroatoms. The van der Waals surface area contributed by atoms with Crippen LogP contribution in [0.5, 0.6) is 0 Å².